The molecule has 18 heavy (non-hydrogen) atoms. The Kier molecular flexibility index (Phi) is 4.59. The molecule has 0 spiro atoms. The molecule has 0 saturated carbocycles. The van der Waals surface area contributed by atoms with Crippen molar-refractivity contribution in [3.05, 3.63) is 53.0 Å². The Balaban J connectivity index is 2.49. The van der Waals surface area contributed by atoms with Gasteiger partial charge in [0.15, 0.2) is 0 Å². The summed E-state index contributed by atoms with van der Waals surface area (Å²) in [6.45, 7) is 0. The number of thiophene rings is 1. The average Bonchev–Trinajstić information content (AvgIpc) is 2.57. The molecular weight excluding hydrogens is 456 g/mol. The molecule has 1 aromatic heterocycles. The van der Waals surface area contributed by atoms with Gasteiger partial charge in [0.05, 0.1) is 9.83 Å². The van der Waals surface area contributed by atoms with Crippen molar-refractivity contribution in [1.29, 1.82) is 0 Å². The van der Waals surface area contributed by atoms with Crippen molar-refractivity contribution in [2.24, 2.45) is 5.73 Å². The van der Waals surface area contributed by atoms with Gasteiger partial charge in [0.25, 0.3) is 0 Å². The van der Waals surface area contributed by atoms with Crippen LogP contribution in [0.15, 0.2) is 30.9 Å². The minimum atomic E-state index is -0.828. The molecule has 1 aromatic carbocycles. The van der Waals surface area contributed by atoms with Crippen LogP contribution < -0.4 is 5.73 Å². The molecule has 1 heterocycles. The first-order valence-electron chi connectivity index (χ1n) is 4.75. The molecule has 7 heteroatoms. The predicted molar refractivity (Wildman–Crippen MR) is 79.8 cm³/mol. The third-order valence-electron chi connectivity index (χ3n) is 2.33. The topological polar surface area (TPSA) is 26.0 Å². The van der Waals surface area contributed by atoms with Gasteiger partial charge in [-0.1, -0.05) is 15.9 Å². The molecule has 1 unspecified atom stereocenters. The summed E-state index contributed by atoms with van der Waals surface area (Å²) in [5.74, 6) is -1.31. The normalized spacial score (nSPS) is 12.8. The summed E-state index contributed by atoms with van der Waals surface area (Å²) in [5.41, 5.74) is 5.80. The summed E-state index contributed by atoms with van der Waals surface area (Å²) in [6, 6.07) is 3.33. The lowest BCUT2D eigenvalue weighted by molar-refractivity contribution is 0.543. The number of rotatable bonds is 2. The highest BCUT2D eigenvalue weighted by Crippen LogP contribution is 2.38. The van der Waals surface area contributed by atoms with Crippen LogP contribution in [0.1, 0.15) is 16.5 Å². The molecule has 0 bridgehead atoms. The van der Waals surface area contributed by atoms with E-state index in [1.807, 2.05) is 0 Å². The van der Waals surface area contributed by atoms with E-state index >= 15 is 0 Å². The van der Waals surface area contributed by atoms with E-state index in [4.69, 9.17) is 5.73 Å². The molecule has 0 amide bonds. The van der Waals surface area contributed by atoms with Gasteiger partial charge in [-0.05, 0) is 50.1 Å². The number of benzene rings is 1. The summed E-state index contributed by atoms with van der Waals surface area (Å²) in [7, 11) is 0. The fourth-order valence-electron chi connectivity index (χ4n) is 1.51. The van der Waals surface area contributed by atoms with Crippen LogP contribution in [0.4, 0.5) is 8.78 Å². The summed E-state index contributed by atoms with van der Waals surface area (Å²) < 4.78 is 29.6. The second-order valence-corrected chi connectivity index (χ2v) is 7.70. The molecule has 2 aromatic rings. The lowest BCUT2D eigenvalue weighted by Crippen LogP contribution is -2.14. The predicted octanol–water partition coefficient (Wildman–Crippen LogP) is 5.36. The zero-order valence-electron chi connectivity index (χ0n) is 8.68. The van der Waals surface area contributed by atoms with E-state index in [-0.39, 0.29) is 5.56 Å². The number of halogens is 5. The smallest absolute Gasteiger partial charge is 0.132 e. The largest absolute Gasteiger partial charge is 0.319 e. The summed E-state index contributed by atoms with van der Waals surface area (Å²) in [4.78, 5) is 0.675. The fourth-order valence-corrected chi connectivity index (χ4v) is 4.01. The first-order chi connectivity index (χ1) is 8.40. The van der Waals surface area contributed by atoms with Crippen molar-refractivity contribution < 1.29 is 8.78 Å². The minimum Gasteiger partial charge on any atom is -0.319 e. The van der Waals surface area contributed by atoms with E-state index in [1.165, 1.54) is 23.5 Å². The van der Waals surface area contributed by atoms with E-state index in [0.29, 0.717) is 9.35 Å². The highest BCUT2D eigenvalue weighted by Gasteiger charge is 2.21. The van der Waals surface area contributed by atoms with Crippen LogP contribution in [0.3, 0.4) is 0 Å². The third kappa shape index (κ3) is 2.85. The summed E-state index contributed by atoms with van der Waals surface area (Å²) in [6.07, 6.45) is 0. The van der Waals surface area contributed by atoms with Crippen molar-refractivity contribution in [3.8, 4) is 0 Å². The number of nitrogens with two attached hydrogens (primary N) is 1. The maximum atomic E-state index is 13.8. The van der Waals surface area contributed by atoms with Gasteiger partial charge < -0.3 is 5.73 Å². The van der Waals surface area contributed by atoms with Crippen LogP contribution in [0, 0.1) is 11.6 Å². The zero-order valence-corrected chi connectivity index (χ0v) is 14.3. The Bertz CT molecular complexity index is 557. The second kappa shape index (κ2) is 5.66. The highest BCUT2D eigenvalue weighted by molar-refractivity contribution is 9.13. The van der Waals surface area contributed by atoms with E-state index < -0.39 is 17.7 Å². The molecule has 0 aliphatic rings. The van der Waals surface area contributed by atoms with Crippen molar-refractivity contribution in [3.63, 3.8) is 0 Å². The van der Waals surface area contributed by atoms with Crippen LogP contribution in [-0.2, 0) is 0 Å². The zero-order chi connectivity index (χ0) is 13.4. The van der Waals surface area contributed by atoms with Crippen molar-refractivity contribution in [1.82, 2.24) is 0 Å². The summed E-state index contributed by atoms with van der Waals surface area (Å²) in [5, 5.41) is 0. The Morgan fingerprint density at radius 2 is 1.61 bits per heavy atom. The van der Waals surface area contributed by atoms with E-state index in [1.54, 1.807) is 6.07 Å². The van der Waals surface area contributed by atoms with E-state index in [9.17, 15) is 8.78 Å². The van der Waals surface area contributed by atoms with Crippen molar-refractivity contribution >= 4 is 59.1 Å². The van der Waals surface area contributed by atoms with Gasteiger partial charge in [0.1, 0.15) is 11.6 Å². The maximum Gasteiger partial charge on any atom is 0.132 e. The standard InChI is InChI=1S/C11H6Br3F2NS/c12-4-1-6(15)9(7(16)2-4)10(17)8-3-5(13)11(14)18-8/h1-3,10H,17H2. The van der Waals surface area contributed by atoms with Gasteiger partial charge in [-0.15, -0.1) is 11.3 Å². The quantitative estimate of drug-likeness (QED) is 0.640. The van der Waals surface area contributed by atoms with Gasteiger partial charge in [-0.25, -0.2) is 8.78 Å². The molecule has 2 N–H and O–H groups in total. The van der Waals surface area contributed by atoms with Gasteiger partial charge in [-0.3, -0.25) is 0 Å². The molecule has 0 fully saturated rings. The molecule has 1 atom stereocenters. The first-order valence-corrected chi connectivity index (χ1v) is 7.94. The Morgan fingerprint density at radius 3 is 2.06 bits per heavy atom. The molecule has 0 aliphatic heterocycles. The maximum absolute atomic E-state index is 13.8. The molecule has 96 valence electrons. The summed E-state index contributed by atoms with van der Waals surface area (Å²) >= 11 is 11.0. The van der Waals surface area contributed by atoms with E-state index in [0.717, 1.165) is 8.26 Å². The van der Waals surface area contributed by atoms with Crippen LogP contribution in [0.2, 0.25) is 0 Å². The molecular formula is C11H6Br3F2NS. The molecule has 1 nitrogen and oxygen atoms in total. The van der Waals surface area contributed by atoms with Crippen LogP contribution in [0.5, 0.6) is 0 Å². The molecule has 0 aliphatic carbocycles. The molecule has 2 rings (SSSR count). The first kappa shape index (κ1) is 14.6. The SMILES string of the molecule is NC(c1cc(Br)c(Br)s1)c1c(F)cc(Br)cc1F. The highest BCUT2D eigenvalue weighted by atomic mass is 79.9. The van der Waals surface area contributed by atoms with Crippen molar-refractivity contribution in [2.45, 2.75) is 6.04 Å². The number of hydrogen-bond donors (Lipinski definition) is 1. The lowest BCUT2D eigenvalue weighted by atomic mass is 10.1. The fraction of sp³-hybridized carbons (Fsp3) is 0.0909. The van der Waals surface area contributed by atoms with Crippen molar-refractivity contribution in [2.75, 3.05) is 0 Å². The van der Waals surface area contributed by atoms with Gasteiger partial charge in [0.2, 0.25) is 0 Å². The van der Waals surface area contributed by atoms with Crippen LogP contribution >= 0.6 is 59.1 Å². The lowest BCUT2D eigenvalue weighted by Gasteiger charge is -2.12. The number of hydrogen-bond acceptors (Lipinski definition) is 2. The second-order valence-electron chi connectivity index (χ2n) is 3.53. The van der Waals surface area contributed by atoms with Gasteiger partial charge in [-0.2, -0.15) is 0 Å². The third-order valence-corrected chi connectivity index (χ3v) is 6.12. The average molecular weight is 462 g/mol. The molecule has 0 radical (unpaired) electrons. The van der Waals surface area contributed by atoms with Crippen LogP contribution in [-0.4, -0.2) is 0 Å². The Hall–Kier alpha value is 0.180. The minimum absolute atomic E-state index is 0.126. The van der Waals surface area contributed by atoms with Gasteiger partial charge >= 0.3 is 0 Å². The Morgan fingerprint density at radius 1 is 1.06 bits per heavy atom. The Labute approximate surface area is 132 Å². The van der Waals surface area contributed by atoms with Crippen LogP contribution in [0.25, 0.3) is 0 Å². The monoisotopic (exact) mass is 459 g/mol. The van der Waals surface area contributed by atoms with Gasteiger partial charge in [0, 0.05) is 19.4 Å². The van der Waals surface area contributed by atoms with E-state index in [2.05, 4.69) is 47.8 Å². The molecule has 0 saturated heterocycles.